The van der Waals surface area contributed by atoms with Crippen LogP contribution in [0.25, 0.3) is 33.7 Å². The van der Waals surface area contributed by atoms with Crippen molar-refractivity contribution < 1.29 is 0 Å². The van der Waals surface area contributed by atoms with Crippen molar-refractivity contribution >= 4 is 16.7 Å². The first-order valence-corrected chi connectivity index (χ1v) is 7.22. The van der Waals surface area contributed by atoms with Crippen LogP contribution in [0.3, 0.4) is 0 Å². The number of H-pyrrole nitrogens is 1. The van der Waals surface area contributed by atoms with E-state index in [9.17, 15) is 0 Å². The zero-order valence-electron chi connectivity index (χ0n) is 12.5. The topological polar surface area (TPSA) is 93.4 Å². The fourth-order valence-electron chi connectivity index (χ4n) is 2.55. The Morgan fingerprint density at radius 1 is 1.00 bits per heavy atom. The predicted molar refractivity (Wildman–Crippen MR) is 89.5 cm³/mol. The van der Waals surface area contributed by atoms with Crippen molar-refractivity contribution in [1.29, 1.82) is 0 Å². The molecule has 6 heteroatoms. The molecule has 112 valence electrons. The Bertz CT molecular complexity index is 1000. The van der Waals surface area contributed by atoms with E-state index >= 15 is 0 Å². The van der Waals surface area contributed by atoms with Gasteiger partial charge in [0.15, 0.2) is 0 Å². The molecule has 0 amide bonds. The Morgan fingerprint density at radius 2 is 1.91 bits per heavy atom. The second-order valence-electron chi connectivity index (χ2n) is 5.28. The zero-order chi connectivity index (χ0) is 15.8. The Balaban J connectivity index is 1.89. The van der Waals surface area contributed by atoms with Gasteiger partial charge < -0.3 is 5.73 Å². The van der Waals surface area contributed by atoms with E-state index in [4.69, 9.17) is 5.73 Å². The third-order valence-corrected chi connectivity index (χ3v) is 3.66. The third-order valence-electron chi connectivity index (χ3n) is 3.66. The molecule has 0 radical (unpaired) electrons. The van der Waals surface area contributed by atoms with Gasteiger partial charge in [-0.25, -0.2) is 4.98 Å². The molecule has 4 heterocycles. The lowest BCUT2D eigenvalue weighted by Gasteiger charge is -2.05. The second-order valence-corrected chi connectivity index (χ2v) is 5.28. The van der Waals surface area contributed by atoms with Gasteiger partial charge in [0, 0.05) is 23.7 Å². The molecule has 0 aliphatic heterocycles. The molecule has 6 nitrogen and oxygen atoms in total. The summed E-state index contributed by atoms with van der Waals surface area (Å²) in [7, 11) is 0. The number of anilines is 1. The van der Waals surface area contributed by atoms with Gasteiger partial charge in [0.05, 0.1) is 22.6 Å². The molecule has 0 bridgehead atoms. The number of nitrogens with zero attached hydrogens (tertiary/aromatic N) is 4. The maximum atomic E-state index is 6.01. The number of hydrogen-bond donors (Lipinski definition) is 2. The first-order valence-electron chi connectivity index (χ1n) is 7.22. The molecule has 0 unspecified atom stereocenters. The minimum absolute atomic E-state index is 0.607. The Labute approximate surface area is 132 Å². The van der Waals surface area contributed by atoms with Gasteiger partial charge in [-0.3, -0.25) is 15.1 Å². The maximum absolute atomic E-state index is 6.01. The first kappa shape index (κ1) is 13.4. The molecular formula is C17H14N6. The number of aromatic nitrogens is 5. The van der Waals surface area contributed by atoms with Gasteiger partial charge >= 0.3 is 0 Å². The number of pyridine rings is 3. The SMILES string of the molecule is Cc1cccc(-c2n[nH]cc2-c2ccc3nccc(N)c3n2)n1. The van der Waals surface area contributed by atoms with Gasteiger partial charge in [-0.2, -0.15) is 5.10 Å². The predicted octanol–water partition coefficient (Wildman–Crippen LogP) is 2.97. The van der Waals surface area contributed by atoms with Crippen molar-refractivity contribution in [3.8, 4) is 22.6 Å². The largest absolute Gasteiger partial charge is 0.397 e. The monoisotopic (exact) mass is 302 g/mol. The average Bonchev–Trinajstić information content (AvgIpc) is 3.05. The number of aromatic amines is 1. The highest BCUT2D eigenvalue weighted by Gasteiger charge is 2.14. The maximum Gasteiger partial charge on any atom is 0.120 e. The number of nitrogens with one attached hydrogen (secondary N) is 1. The zero-order valence-corrected chi connectivity index (χ0v) is 12.5. The molecule has 0 saturated carbocycles. The van der Waals surface area contributed by atoms with Gasteiger partial charge in [-0.15, -0.1) is 0 Å². The molecule has 4 rings (SSSR count). The van der Waals surface area contributed by atoms with Crippen molar-refractivity contribution in [1.82, 2.24) is 25.1 Å². The molecule has 0 saturated heterocycles. The van der Waals surface area contributed by atoms with Gasteiger partial charge in [0.2, 0.25) is 0 Å². The first-order chi connectivity index (χ1) is 11.2. The van der Waals surface area contributed by atoms with Crippen LogP contribution >= 0.6 is 0 Å². The number of hydrogen-bond acceptors (Lipinski definition) is 5. The summed E-state index contributed by atoms with van der Waals surface area (Å²) in [6.45, 7) is 1.95. The molecule has 0 fully saturated rings. The summed E-state index contributed by atoms with van der Waals surface area (Å²) in [6, 6.07) is 11.4. The van der Waals surface area contributed by atoms with Crippen LogP contribution in [0.2, 0.25) is 0 Å². The van der Waals surface area contributed by atoms with E-state index in [0.717, 1.165) is 33.9 Å². The number of fused-ring (bicyclic) bond motifs is 1. The highest BCUT2D eigenvalue weighted by atomic mass is 15.1. The van der Waals surface area contributed by atoms with Crippen molar-refractivity contribution in [3.05, 3.63) is 54.5 Å². The van der Waals surface area contributed by atoms with Crippen LogP contribution in [0.4, 0.5) is 5.69 Å². The van der Waals surface area contributed by atoms with Crippen molar-refractivity contribution in [2.75, 3.05) is 5.73 Å². The molecule has 23 heavy (non-hydrogen) atoms. The molecule has 0 spiro atoms. The molecule has 3 N–H and O–H groups in total. The van der Waals surface area contributed by atoms with E-state index in [2.05, 4.69) is 25.1 Å². The van der Waals surface area contributed by atoms with E-state index in [1.165, 1.54) is 0 Å². The van der Waals surface area contributed by atoms with Gasteiger partial charge in [-0.05, 0) is 37.3 Å². The van der Waals surface area contributed by atoms with Gasteiger partial charge in [0.25, 0.3) is 0 Å². The smallest absolute Gasteiger partial charge is 0.120 e. The quantitative estimate of drug-likeness (QED) is 0.593. The van der Waals surface area contributed by atoms with Crippen molar-refractivity contribution in [2.45, 2.75) is 6.92 Å². The minimum Gasteiger partial charge on any atom is -0.397 e. The lowest BCUT2D eigenvalue weighted by Crippen LogP contribution is -1.94. The summed E-state index contributed by atoms with van der Waals surface area (Å²) in [5, 5.41) is 7.23. The third kappa shape index (κ3) is 2.30. The summed E-state index contributed by atoms with van der Waals surface area (Å²) in [5.74, 6) is 0. The van der Waals surface area contributed by atoms with Crippen LogP contribution in [-0.4, -0.2) is 25.1 Å². The fourth-order valence-corrected chi connectivity index (χ4v) is 2.55. The summed E-state index contributed by atoms with van der Waals surface area (Å²) >= 11 is 0. The summed E-state index contributed by atoms with van der Waals surface area (Å²) in [5.41, 5.74) is 12.3. The fraction of sp³-hybridized carbons (Fsp3) is 0.0588. The molecular weight excluding hydrogens is 288 g/mol. The Kier molecular flexibility index (Phi) is 3.01. The molecule has 0 atom stereocenters. The number of nitrogens with two attached hydrogens (primary N) is 1. The van der Waals surface area contributed by atoms with Gasteiger partial charge in [-0.1, -0.05) is 6.07 Å². The highest BCUT2D eigenvalue weighted by molar-refractivity contribution is 5.89. The van der Waals surface area contributed by atoms with Crippen LogP contribution in [0.15, 0.2) is 48.8 Å². The molecule has 0 aliphatic carbocycles. The van der Waals surface area contributed by atoms with Gasteiger partial charge in [0.1, 0.15) is 11.2 Å². The van der Waals surface area contributed by atoms with Crippen LogP contribution in [0.5, 0.6) is 0 Å². The number of rotatable bonds is 2. The Morgan fingerprint density at radius 3 is 2.78 bits per heavy atom. The molecule has 4 aromatic heterocycles. The molecule has 4 aromatic rings. The lowest BCUT2D eigenvalue weighted by atomic mass is 10.1. The minimum atomic E-state index is 0.607. The number of aryl methyl sites for hydroxylation is 1. The van der Waals surface area contributed by atoms with Crippen molar-refractivity contribution in [2.24, 2.45) is 0 Å². The summed E-state index contributed by atoms with van der Waals surface area (Å²) < 4.78 is 0. The molecule has 0 aromatic carbocycles. The van der Waals surface area contributed by atoms with Crippen molar-refractivity contribution in [3.63, 3.8) is 0 Å². The summed E-state index contributed by atoms with van der Waals surface area (Å²) in [6.07, 6.45) is 3.50. The summed E-state index contributed by atoms with van der Waals surface area (Å²) in [4.78, 5) is 13.5. The van der Waals surface area contributed by atoms with Crippen LogP contribution in [0, 0.1) is 6.92 Å². The Hall–Kier alpha value is -3.28. The van der Waals surface area contributed by atoms with Crippen LogP contribution < -0.4 is 5.73 Å². The normalized spacial score (nSPS) is 11.0. The van der Waals surface area contributed by atoms with E-state index < -0.39 is 0 Å². The lowest BCUT2D eigenvalue weighted by molar-refractivity contribution is 1.08. The van der Waals surface area contributed by atoms with E-state index in [1.54, 1.807) is 12.3 Å². The van der Waals surface area contributed by atoms with E-state index in [0.29, 0.717) is 11.2 Å². The second kappa shape index (κ2) is 5.17. The van der Waals surface area contributed by atoms with E-state index in [-0.39, 0.29) is 0 Å². The van der Waals surface area contributed by atoms with E-state index in [1.807, 2.05) is 43.5 Å². The highest BCUT2D eigenvalue weighted by Crippen LogP contribution is 2.29. The average molecular weight is 302 g/mol. The van der Waals surface area contributed by atoms with Crippen LogP contribution in [0.1, 0.15) is 5.69 Å². The van der Waals surface area contributed by atoms with Crippen LogP contribution in [-0.2, 0) is 0 Å². The molecule has 0 aliphatic rings. The number of nitrogen functional groups attached to an aromatic ring is 1. The standard InChI is InChI=1S/C17H14N6/c1-10-3-2-4-15(21-10)16-11(9-20-23-16)13-5-6-14-17(22-13)12(18)7-8-19-14/h2-9H,1H3,(H2,18,19)(H,20,23).